The molecule has 0 radical (unpaired) electrons. The molecule has 1 aromatic carbocycles. The zero-order valence-electron chi connectivity index (χ0n) is 12.2. The third-order valence-corrected chi connectivity index (χ3v) is 4.04. The average Bonchev–Trinajstić information content (AvgIpc) is 3.01. The minimum absolute atomic E-state index is 0.698. The number of rotatable bonds is 8. The number of aromatic amines is 1. The molecule has 0 saturated heterocycles. The van der Waals surface area contributed by atoms with Gasteiger partial charge in [0.1, 0.15) is 5.82 Å². The van der Waals surface area contributed by atoms with E-state index in [9.17, 15) is 0 Å². The van der Waals surface area contributed by atoms with Gasteiger partial charge in [0.2, 0.25) is 0 Å². The number of unbranched alkanes of at least 4 members (excludes halogenated alkanes) is 1. The van der Waals surface area contributed by atoms with Crippen LogP contribution in [-0.2, 0) is 12.8 Å². The van der Waals surface area contributed by atoms with Crippen LogP contribution in [0, 0.1) is 0 Å². The first-order valence-electron chi connectivity index (χ1n) is 7.29. The Morgan fingerprint density at radius 2 is 2.05 bits per heavy atom. The predicted molar refractivity (Wildman–Crippen MR) is 90.6 cm³/mol. The van der Waals surface area contributed by atoms with Gasteiger partial charge in [-0.25, -0.2) is 4.98 Å². The fourth-order valence-corrected chi connectivity index (χ4v) is 2.73. The molecule has 3 N–H and O–H groups in total. The minimum Gasteiger partial charge on any atom is -0.379 e. The molecular formula is C16H22N4S. The maximum atomic E-state index is 5.91. The van der Waals surface area contributed by atoms with Crippen LogP contribution in [0.15, 0.2) is 47.7 Å². The van der Waals surface area contributed by atoms with E-state index < -0.39 is 0 Å². The number of benzene rings is 1. The number of aliphatic imine (C=N–C) groups is 1. The number of amidine groups is 1. The van der Waals surface area contributed by atoms with Gasteiger partial charge in [-0.05, 0) is 24.8 Å². The first-order chi connectivity index (χ1) is 10.3. The van der Waals surface area contributed by atoms with Crippen LogP contribution in [0.4, 0.5) is 0 Å². The van der Waals surface area contributed by atoms with Crippen LogP contribution in [0.1, 0.15) is 24.2 Å². The lowest BCUT2D eigenvalue weighted by atomic mass is 10.2. The maximum absolute atomic E-state index is 5.91. The fraction of sp³-hybridized carbons (Fsp3) is 0.375. The topological polar surface area (TPSA) is 67.1 Å². The van der Waals surface area contributed by atoms with Crippen molar-refractivity contribution in [1.82, 2.24) is 9.97 Å². The number of imidazole rings is 1. The second-order valence-corrected chi connectivity index (χ2v) is 5.91. The van der Waals surface area contributed by atoms with Crippen LogP contribution >= 0.6 is 11.8 Å². The summed E-state index contributed by atoms with van der Waals surface area (Å²) in [5.74, 6) is 2.07. The molecule has 21 heavy (non-hydrogen) atoms. The fourth-order valence-electron chi connectivity index (χ4n) is 1.99. The molecule has 0 spiro atoms. The minimum atomic E-state index is 0.698. The molecule has 0 aliphatic rings. The summed E-state index contributed by atoms with van der Waals surface area (Å²) in [6.45, 7) is 0.759. The highest BCUT2D eigenvalue weighted by molar-refractivity contribution is 8.13. The van der Waals surface area contributed by atoms with Crippen LogP contribution < -0.4 is 5.73 Å². The zero-order valence-corrected chi connectivity index (χ0v) is 13.0. The average molecular weight is 302 g/mol. The molecule has 0 unspecified atom stereocenters. The molecule has 5 heteroatoms. The smallest absolute Gasteiger partial charge is 0.153 e. The quantitative estimate of drug-likeness (QED) is 0.447. The number of nitrogens with two attached hydrogens (primary N) is 1. The molecule has 112 valence electrons. The Labute approximate surface area is 130 Å². The summed E-state index contributed by atoms with van der Waals surface area (Å²) in [6, 6.07) is 10.4. The van der Waals surface area contributed by atoms with Gasteiger partial charge in [0.05, 0.1) is 0 Å². The van der Waals surface area contributed by atoms with Crippen molar-refractivity contribution in [3.63, 3.8) is 0 Å². The van der Waals surface area contributed by atoms with Crippen molar-refractivity contribution in [2.24, 2.45) is 10.7 Å². The summed E-state index contributed by atoms with van der Waals surface area (Å²) < 4.78 is 0. The largest absolute Gasteiger partial charge is 0.379 e. The number of aromatic nitrogens is 2. The molecule has 1 aromatic heterocycles. The number of hydrogen-bond donors (Lipinski definition) is 2. The summed E-state index contributed by atoms with van der Waals surface area (Å²) in [6.07, 6.45) is 7.85. The monoisotopic (exact) mass is 302 g/mol. The van der Waals surface area contributed by atoms with Gasteiger partial charge >= 0.3 is 0 Å². The van der Waals surface area contributed by atoms with Gasteiger partial charge in [0.25, 0.3) is 0 Å². The lowest BCUT2D eigenvalue weighted by Gasteiger charge is -2.02. The van der Waals surface area contributed by atoms with Crippen LogP contribution in [0.3, 0.4) is 0 Å². The van der Waals surface area contributed by atoms with Crippen molar-refractivity contribution in [3.8, 4) is 0 Å². The van der Waals surface area contributed by atoms with E-state index in [-0.39, 0.29) is 0 Å². The summed E-state index contributed by atoms with van der Waals surface area (Å²) >= 11 is 1.65. The highest BCUT2D eigenvalue weighted by atomic mass is 32.2. The molecule has 0 aliphatic heterocycles. The van der Waals surface area contributed by atoms with Crippen molar-refractivity contribution in [1.29, 1.82) is 0 Å². The molecule has 1 heterocycles. The van der Waals surface area contributed by atoms with Crippen LogP contribution in [0.5, 0.6) is 0 Å². The lowest BCUT2D eigenvalue weighted by Crippen LogP contribution is -2.09. The molecule has 0 aliphatic carbocycles. The van der Waals surface area contributed by atoms with Gasteiger partial charge in [-0.2, -0.15) is 0 Å². The SMILES string of the molecule is NC(=NCCc1ccccc1)SCCCCc1ncc[nH]1. The number of thioether (sulfide) groups is 1. The summed E-state index contributed by atoms with van der Waals surface area (Å²) in [4.78, 5) is 11.7. The van der Waals surface area contributed by atoms with E-state index >= 15 is 0 Å². The van der Waals surface area contributed by atoms with E-state index in [1.54, 1.807) is 18.0 Å². The second kappa shape index (κ2) is 9.23. The number of nitrogens with one attached hydrogen (secondary N) is 1. The molecule has 2 rings (SSSR count). The molecule has 0 saturated carbocycles. The van der Waals surface area contributed by atoms with Crippen molar-refractivity contribution >= 4 is 16.9 Å². The molecule has 2 aromatic rings. The van der Waals surface area contributed by atoms with Gasteiger partial charge in [-0.1, -0.05) is 42.1 Å². The van der Waals surface area contributed by atoms with Gasteiger partial charge in [-0.3, -0.25) is 4.99 Å². The first-order valence-corrected chi connectivity index (χ1v) is 8.28. The Bertz CT molecular complexity index is 522. The van der Waals surface area contributed by atoms with Crippen LogP contribution in [0.25, 0.3) is 0 Å². The van der Waals surface area contributed by atoms with E-state index in [2.05, 4.69) is 39.2 Å². The highest BCUT2D eigenvalue weighted by Gasteiger charge is 1.98. The summed E-state index contributed by atoms with van der Waals surface area (Å²) in [5, 5.41) is 0.698. The standard InChI is InChI=1S/C16H22N4S/c17-16(20-10-9-14-6-2-1-3-7-14)21-13-5-4-8-15-18-11-12-19-15/h1-3,6-7,11-12H,4-5,8-10,13H2,(H2,17,20)(H,18,19). The molecule has 0 amide bonds. The van der Waals surface area contributed by atoms with E-state index in [0.29, 0.717) is 5.17 Å². The van der Waals surface area contributed by atoms with E-state index in [1.165, 1.54) is 5.56 Å². The van der Waals surface area contributed by atoms with Crippen molar-refractivity contribution in [2.75, 3.05) is 12.3 Å². The molecule has 4 nitrogen and oxygen atoms in total. The third-order valence-electron chi connectivity index (χ3n) is 3.12. The van der Waals surface area contributed by atoms with E-state index in [4.69, 9.17) is 5.73 Å². The predicted octanol–water partition coefficient (Wildman–Crippen LogP) is 3.02. The van der Waals surface area contributed by atoms with Gasteiger partial charge < -0.3 is 10.7 Å². The summed E-state index contributed by atoms with van der Waals surface area (Å²) in [5.41, 5.74) is 7.21. The number of aryl methyl sites for hydroxylation is 1. The highest BCUT2D eigenvalue weighted by Crippen LogP contribution is 2.07. The number of nitrogens with zero attached hydrogens (tertiary/aromatic N) is 2. The van der Waals surface area contributed by atoms with Gasteiger partial charge in [-0.15, -0.1) is 0 Å². The van der Waals surface area contributed by atoms with Crippen LogP contribution in [0.2, 0.25) is 0 Å². The van der Waals surface area contributed by atoms with Gasteiger partial charge in [0.15, 0.2) is 5.17 Å². The number of H-pyrrole nitrogens is 1. The van der Waals surface area contributed by atoms with Crippen LogP contribution in [-0.4, -0.2) is 27.4 Å². The van der Waals surface area contributed by atoms with Crippen molar-refractivity contribution in [3.05, 3.63) is 54.1 Å². The van der Waals surface area contributed by atoms with Crippen molar-refractivity contribution < 1.29 is 0 Å². The van der Waals surface area contributed by atoms with Gasteiger partial charge in [0, 0.05) is 31.1 Å². The third kappa shape index (κ3) is 6.49. The first kappa shape index (κ1) is 15.6. The Morgan fingerprint density at radius 1 is 1.19 bits per heavy atom. The second-order valence-electron chi connectivity index (χ2n) is 4.80. The van der Waals surface area contributed by atoms with Crippen molar-refractivity contribution in [2.45, 2.75) is 25.7 Å². The number of hydrogen-bond acceptors (Lipinski definition) is 3. The summed E-state index contributed by atoms with van der Waals surface area (Å²) in [7, 11) is 0. The maximum Gasteiger partial charge on any atom is 0.153 e. The Balaban J connectivity index is 1.54. The Morgan fingerprint density at radius 3 is 2.81 bits per heavy atom. The zero-order chi connectivity index (χ0) is 14.8. The molecule has 0 atom stereocenters. The van der Waals surface area contributed by atoms with E-state index in [0.717, 1.165) is 43.8 Å². The Hall–Kier alpha value is -1.75. The lowest BCUT2D eigenvalue weighted by molar-refractivity contribution is 0.769. The molecule has 0 bridgehead atoms. The Kier molecular flexibility index (Phi) is 6.88. The normalized spacial score (nSPS) is 11.7. The molecular weight excluding hydrogens is 280 g/mol. The molecule has 0 fully saturated rings. The van der Waals surface area contributed by atoms with E-state index in [1.807, 2.05) is 12.3 Å².